The molecule has 1 N–H and O–H groups in total. The van der Waals surface area contributed by atoms with E-state index in [1.165, 1.54) is 18.9 Å². The molecule has 0 saturated carbocycles. The Morgan fingerprint density at radius 1 is 1.00 bits per heavy atom. The minimum Gasteiger partial charge on any atom is -0.452 e. The van der Waals surface area contributed by atoms with Crippen LogP contribution in [0.15, 0.2) is 65.0 Å². The van der Waals surface area contributed by atoms with Crippen LogP contribution in [0.2, 0.25) is 0 Å². The molecule has 0 fully saturated rings. The number of hydrogen-bond donors (Lipinski definition) is 1. The molecule has 0 aromatic carbocycles. The highest BCUT2D eigenvalue weighted by atomic mass is 16.5. The van der Waals surface area contributed by atoms with E-state index in [-0.39, 0.29) is 0 Å². The molecule has 0 amide bonds. The van der Waals surface area contributed by atoms with E-state index in [4.69, 9.17) is 0 Å². The standard InChI is InChI=1S/C3H4N2.2C3H3NO/c2*1-2-5-3-4-1;1-2-4-5-3-1/h1-3H,(H,4,5);2*1-3H. The molecule has 6 heteroatoms. The highest BCUT2D eigenvalue weighted by Crippen LogP contribution is 1.72. The van der Waals surface area contributed by atoms with Gasteiger partial charge in [0.2, 0.25) is 0 Å². The van der Waals surface area contributed by atoms with Gasteiger partial charge in [0, 0.05) is 12.4 Å². The van der Waals surface area contributed by atoms with Crippen molar-refractivity contribution in [1.29, 1.82) is 0 Å². The molecule has 0 saturated heterocycles. The summed E-state index contributed by atoms with van der Waals surface area (Å²) < 4.78 is 8.81. The summed E-state index contributed by atoms with van der Waals surface area (Å²) in [6.45, 7) is 0. The van der Waals surface area contributed by atoms with Gasteiger partial charge in [-0.25, -0.2) is 9.97 Å². The molecule has 0 unspecified atom stereocenters. The van der Waals surface area contributed by atoms with E-state index in [0.717, 1.165) is 0 Å². The maximum Gasteiger partial charge on any atom is 0.180 e. The SMILES string of the molecule is c1c[nH]cn1.c1cnoc1.c1cocn1. The second-order valence-electron chi connectivity index (χ2n) is 2.12. The summed E-state index contributed by atoms with van der Waals surface area (Å²) in [5.41, 5.74) is 0. The molecule has 0 aliphatic heterocycles. The molecule has 0 bridgehead atoms. The van der Waals surface area contributed by atoms with Crippen LogP contribution >= 0.6 is 0 Å². The van der Waals surface area contributed by atoms with Gasteiger partial charge in [-0.15, -0.1) is 0 Å². The zero-order chi connectivity index (χ0) is 10.6. The van der Waals surface area contributed by atoms with Gasteiger partial charge in [-0.2, -0.15) is 0 Å². The average molecular weight is 206 g/mol. The van der Waals surface area contributed by atoms with Crippen LogP contribution in [0.25, 0.3) is 0 Å². The topological polar surface area (TPSA) is 80.7 Å². The van der Waals surface area contributed by atoms with Crippen molar-refractivity contribution >= 4 is 0 Å². The summed E-state index contributed by atoms with van der Waals surface area (Å²) >= 11 is 0. The molecule has 3 heterocycles. The van der Waals surface area contributed by atoms with Crippen molar-refractivity contribution in [3.8, 4) is 0 Å². The number of aromatic amines is 1. The zero-order valence-electron chi connectivity index (χ0n) is 7.85. The number of oxazole rings is 1. The number of H-pyrrole nitrogens is 1. The van der Waals surface area contributed by atoms with Crippen LogP contribution in [0.4, 0.5) is 0 Å². The molecule has 15 heavy (non-hydrogen) atoms. The van der Waals surface area contributed by atoms with Crippen LogP contribution in [0, 0.1) is 0 Å². The normalized spacial score (nSPS) is 8.00. The number of hydrogen-bond acceptors (Lipinski definition) is 5. The van der Waals surface area contributed by atoms with E-state index < -0.39 is 0 Å². The lowest BCUT2D eigenvalue weighted by molar-refractivity contribution is 0.420. The van der Waals surface area contributed by atoms with E-state index in [0.29, 0.717) is 0 Å². The maximum absolute atomic E-state index is 4.47. The Balaban J connectivity index is 0.000000112. The predicted octanol–water partition coefficient (Wildman–Crippen LogP) is 1.76. The fraction of sp³-hybridized carbons (Fsp3) is 0. The first-order valence-corrected chi connectivity index (χ1v) is 4.09. The predicted molar refractivity (Wildman–Crippen MR) is 51.6 cm³/mol. The summed E-state index contributed by atoms with van der Waals surface area (Å²) in [6, 6.07) is 1.72. The monoisotopic (exact) mass is 206 g/mol. The number of nitrogens with zero attached hydrogens (tertiary/aromatic N) is 3. The van der Waals surface area contributed by atoms with Crippen LogP contribution < -0.4 is 0 Å². The van der Waals surface area contributed by atoms with Crippen LogP contribution in [-0.2, 0) is 0 Å². The van der Waals surface area contributed by atoms with Gasteiger partial charge in [0.05, 0.1) is 18.7 Å². The summed E-state index contributed by atoms with van der Waals surface area (Å²) in [6.07, 6.45) is 12.7. The fourth-order valence-electron chi connectivity index (χ4n) is 0.567. The smallest absolute Gasteiger partial charge is 0.180 e. The van der Waals surface area contributed by atoms with Crippen molar-refractivity contribution in [2.75, 3.05) is 0 Å². The van der Waals surface area contributed by atoms with Crippen molar-refractivity contribution in [3.05, 3.63) is 56.1 Å². The van der Waals surface area contributed by atoms with Gasteiger partial charge in [0.15, 0.2) is 6.39 Å². The first kappa shape index (κ1) is 10.7. The molecule has 3 aromatic rings. The van der Waals surface area contributed by atoms with E-state index in [2.05, 4.69) is 29.0 Å². The molecule has 6 nitrogen and oxygen atoms in total. The van der Waals surface area contributed by atoms with Gasteiger partial charge in [0.25, 0.3) is 0 Å². The Bertz CT molecular complexity index is 252. The number of aromatic nitrogens is 4. The largest absolute Gasteiger partial charge is 0.452 e. The number of imidazole rings is 1. The molecular formula is C9H10N4O2. The fourth-order valence-corrected chi connectivity index (χ4v) is 0.567. The first-order chi connectivity index (χ1) is 7.50. The van der Waals surface area contributed by atoms with Crippen LogP contribution in [0.3, 0.4) is 0 Å². The zero-order valence-corrected chi connectivity index (χ0v) is 7.85. The Morgan fingerprint density at radius 3 is 2.20 bits per heavy atom. The maximum atomic E-state index is 4.47. The minimum atomic E-state index is 1.38. The lowest BCUT2D eigenvalue weighted by Gasteiger charge is -1.48. The summed E-state index contributed by atoms with van der Waals surface area (Å²) in [4.78, 5) is 9.97. The molecule has 0 radical (unpaired) electrons. The number of nitrogens with one attached hydrogen (secondary N) is 1. The van der Waals surface area contributed by atoms with Gasteiger partial charge in [0.1, 0.15) is 12.5 Å². The van der Waals surface area contributed by atoms with E-state index in [1.807, 2.05) is 0 Å². The van der Waals surface area contributed by atoms with Crippen molar-refractivity contribution in [2.45, 2.75) is 0 Å². The highest BCUT2D eigenvalue weighted by molar-refractivity contribution is 4.67. The second kappa shape index (κ2) is 8.24. The number of rotatable bonds is 0. The molecule has 0 aliphatic carbocycles. The minimum absolute atomic E-state index is 1.38. The third-order valence-corrected chi connectivity index (χ3v) is 1.10. The van der Waals surface area contributed by atoms with Gasteiger partial charge in [-0.05, 0) is 6.07 Å². The summed E-state index contributed by atoms with van der Waals surface area (Å²) in [5.74, 6) is 0. The van der Waals surface area contributed by atoms with Crippen LogP contribution in [0.1, 0.15) is 0 Å². The van der Waals surface area contributed by atoms with Crippen molar-refractivity contribution in [1.82, 2.24) is 20.1 Å². The van der Waals surface area contributed by atoms with Crippen molar-refractivity contribution in [2.24, 2.45) is 0 Å². The molecule has 0 spiro atoms. The van der Waals surface area contributed by atoms with Gasteiger partial charge < -0.3 is 13.9 Å². The quantitative estimate of drug-likeness (QED) is 0.606. The van der Waals surface area contributed by atoms with Crippen molar-refractivity contribution < 1.29 is 8.94 Å². The van der Waals surface area contributed by atoms with Crippen LogP contribution in [0.5, 0.6) is 0 Å². The van der Waals surface area contributed by atoms with Gasteiger partial charge >= 0.3 is 0 Å². The Morgan fingerprint density at radius 2 is 2.00 bits per heavy atom. The summed E-state index contributed by atoms with van der Waals surface area (Å²) in [5, 5.41) is 3.35. The summed E-state index contributed by atoms with van der Waals surface area (Å²) in [7, 11) is 0. The molecule has 3 rings (SSSR count). The highest BCUT2D eigenvalue weighted by Gasteiger charge is 1.60. The lowest BCUT2D eigenvalue weighted by Crippen LogP contribution is -1.44. The van der Waals surface area contributed by atoms with E-state index in [9.17, 15) is 0 Å². The van der Waals surface area contributed by atoms with Gasteiger partial charge in [-0.3, -0.25) is 0 Å². The Labute approximate surface area is 86.0 Å². The molecule has 0 atom stereocenters. The first-order valence-electron chi connectivity index (χ1n) is 4.09. The second-order valence-corrected chi connectivity index (χ2v) is 2.12. The Hall–Kier alpha value is -2.37. The van der Waals surface area contributed by atoms with Crippen molar-refractivity contribution in [3.63, 3.8) is 0 Å². The lowest BCUT2D eigenvalue weighted by atomic mass is 10.8. The molecule has 0 aliphatic rings. The molecule has 78 valence electrons. The average Bonchev–Trinajstić information content (AvgIpc) is 3.09. The van der Waals surface area contributed by atoms with Crippen LogP contribution in [-0.4, -0.2) is 20.1 Å². The molecular weight excluding hydrogens is 196 g/mol. The van der Waals surface area contributed by atoms with Gasteiger partial charge in [-0.1, -0.05) is 5.16 Å². The molecule has 3 aromatic heterocycles. The van der Waals surface area contributed by atoms with E-state index in [1.54, 1.807) is 37.2 Å². The Kier molecular flexibility index (Phi) is 5.88. The third kappa shape index (κ3) is 6.76. The van der Waals surface area contributed by atoms with E-state index >= 15 is 0 Å². The third-order valence-electron chi connectivity index (χ3n) is 1.10.